The quantitative estimate of drug-likeness (QED) is 0.501. The van der Waals surface area contributed by atoms with Crippen molar-refractivity contribution in [2.24, 2.45) is 22.7 Å². The van der Waals surface area contributed by atoms with E-state index in [4.69, 9.17) is 0 Å². The molecular weight excluding hydrogens is 424 g/mol. The predicted molar refractivity (Wildman–Crippen MR) is 120 cm³/mol. The van der Waals surface area contributed by atoms with Crippen LogP contribution in [0.25, 0.3) is 0 Å². The Morgan fingerprint density at radius 1 is 1.12 bits per heavy atom. The summed E-state index contributed by atoms with van der Waals surface area (Å²) in [7, 11) is 0. The van der Waals surface area contributed by atoms with E-state index in [0.29, 0.717) is 12.0 Å². The predicted octanol–water partition coefficient (Wildman–Crippen LogP) is 3.65. The highest BCUT2D eigenvalue weighted by Crippen LogP contribution is 2.65. The number of fused-ring (bicyclic) bond motifs is 3. The fourth-order valence-electron chi connectivity index (χ4n) is 6.88. The lowest BCUT2D eigenvalue weighted by atomic mass is 9.44. The molecule has 0 saturated carbocycles. The molecule has 4 rings (SSSR count). The van der Waals surface area contributed by atoms with E-state index in [2.05, 4.69) is 0 Å². The second-order valence-electron chi connectivity index (χ2n) is 10.7. The zero-order valence-electron chi connectivity index (χ0n) is 19.7. The van der Waals surface area contributed by atoms with Crippen LogP contribution in [0, 0.1) is 29.6 Å². The molecule has 3 aliphatic rings. The number of aromatic hydroxyl groups is 1. The van der Waals surface area contributed by atoms with Gasteiger partial charge in [-0.25, -0.2) is 0 Å². The molecule has 1 aromatic rings. The SMILES string of the molecule is CC(=O)C1=C(O)C(C(C)C)[C@@]2(C)C[C@@]3(C)Cc4c(C)ccc(O)c4C(=O)C3=C(O)[C@@]2(O)C1=O. The van der Waals surface area contributed by atoms with E-state index in [-0.39, 0.29) is 35.0 Å². The van der Waals surface area contributed by atoms with Gasteiger partial charge in [0.2, 0.25) is 5.78 Å². The van der Waals surface area contributed by atoms with Gasteiger partial charge < -0.3 is 20.4 Å². The van der Waals surface area contributed by atoms with Crippen LogP contribution in [-0.4, -0.2) is 43.4 Å². The van der Waals surface area contributed by atoms with E-state index >= 15 is 0 Å². The Labute approximate surface area is 192 Å². The molecule has 4 N–H and O–H groups in total. The third-order valence-corrected chi connectivity index (χ3v) is 8.12. The van der Waals surface area contributed by atoms with Gasteiger partial charge in [-0.1, -0.05) is 33.8 Å². The van der Waals surface area contributed by atoms with Crippen molar-refractivity contribution in [2.45, 2.75) is 60.0 Å². The molecule has 3 aliphatic carbocycles. The number of allylic oxidation sites excluding steroid dienone is 2. The fourth-order valence-corrected chi connectivity index (χ4v) is 6.88. The highest BCUT2D eigenvalue weighted by molar-refractivity contribution is 6.25. The first-order valence-electron chi connectivity index (χ1n) is 11.1. The molecule has 0 saturated heterocycles. The highest BCUT2D eigenvalue weighted by Gasteiger charge is 2.71. The van der Waals surface area contributed by atoms with Crippen molar-refractivity contribution in [2.75, 3.05) is 0 Å². The van der Waals surface area contributed by atoms with Crippen molar-refractivity contribution < 1.29 is 34.8 Å². The van der Waals surface area contributed by atoms with Crippen LogP contribution in [0.2, 0.25) is 0 Å². The summed E-state index contributed by atoms with van der Waals surface area (Å²) in [6, 6.07) is 3.12. The van der Waals surface area contributed by atoms with Gasteiger partial charge in [0.05, 0.1) is 5.56 Å². The maximum atomic E-state index is 13.6. The molecule has 0 fully saturated rings. The van der Waals surface area contributed by atoms with Gasteiger partial charge in [-0.3, -0.25) is 14.4 Å². The lowest BCUT2D eigenvalue weighted by Crippen LogP contribution is -2.67. The van der Waals surface area contributed by atoms with Gasteiger partial charge in [-0.15, -0.1) is 0 Å². The Balaban J connectivity index is 2.09. The van der Waals surface area contributed by atoms with E-state index in [1.807, 2.05) is 20.8 Å². The van der Waals surface area contributed by atoms with Crippen LogP contribution < -0.4 is 0 Å². The number of hydrogen-bond acceptors (Lipinski definition) is 7. The summed E-state index contributed by atoms with van der Waals surface area (Å²) in [5.74, 6) is -5.00. The number of aryl methyl sites for hydroxylation is 1. The summed E-state index contributed by atoms with van der Waals surface area (Å²) in [6.45, 7) is 9.98. The van der Waals surface area contributed by atoms with Gasteiger partial charge in [0.25, 0.3) is 0 Å². The number of aliphatic hydroxyl groups excluding tert-OH is 2. The Hall–Kier alpha value is -2.93. The van der Waals surface area contributed by atoms with Crippen LogP contribution in [0.5, 0.6) is 5.75 Å². The molecule has 7 heteroatoms. The maximum absolute atomic E-state index is 13.6. The Kier molecular flexibility index (Phi) is 4.78. The maximum Gasteiger partial charge on any atom is 0.209 e. The van der Waals surface area contributed by atoms with Crippen LogP contribution >= 0.6 is 0 Å². The average molecular weight is 455 g/mol. The van der Waals surface area contributed by atoms with Gasteiger partial charge in [0, 0.05) is 22.3 Å². The van der Waals surface area contributed by atoms with Crippen molar-refractivity contribution in [3.8, 4) is 5.75 Å². The third-order valence-electron chi connectivity index (χ3n) is 8.12. The average Bonchev–Trinajstić information content (AvgIpc) is 2.67. The van der Waals surface area contributed by atoms with E-state index in [9.17, 15) is 34.8 Å². The standard InChI is InChI=1S/C26H30O7/c1-11(2)18-20(29)16(13(4)27)22(31)26(33)23(32)19-21(30)17-14(12(3)7-8-15(17)28)9-24(19,5)10-25(18,26)6/h7-8,11,18,28-29,32-33H,9-10H2,1-6H3/t18?,24-,25-,26+/m1/s1. The van der Waals surface area contributed by atoms with Crippen LogP contribution in [-0.2, 0) is 16.0 Å². The molecule has 0 spiro atoms. The van der Waals surface area contributed by atoms with Gasteiger partial charge in [0.1, 0.15) is 22.8 Å². The number of carbonyl (C=O) groups excluding carboxylic acids is 3. The monoisotopic (exact) mass is 454 g/mol. The van der Waals surface area contributed by atoms with E-state index in [1.165, 1.54) is 6.07 Å². The van der Waals surface area contributed by atoms with Gasteiger partial charge in [-0.2, -0.15) is 0 Å². The minimum atomic E-state index is -2.57. The zero-order valence-corrected chi connectivity index (χ0v) is 19.7. The molecule has 0 radical (unpaired) electrons. The first-order valence-corrected chi connectivity index (χ1v) is 11.1. The molecule has 1 unspecified atom stereocenters. The zero-order chi connectivity index (χ0) is 24.8. The molecule has 0 aromatic heterocycles. The summed E-state index contributed by atoms with van der Waals surface area (Å²) < 4.78 is 0. The minimum Gasteiger partial charge on any atom is -0.511 e. The fraction of sp³-hybridized carbons (Fsp3) is 0.500. The normalized spacial score (nSPS) is 33.8. The number of aliphatic hydroxyl groups is 3. The smallest absolute Gasteiger partial charge is 0.209 e. The Morgan fingerprint density at radius 3 is 2.27 bits per heavy atom. The molecule has 1 aromatic carbocycles. The van der Waals surface area contributed by atoms with Gasteiger partial charge >= 0.3 is 0 Å². The lowest BCUT2D eigenvalue weighted by Gasteiger charge is -2.59. The molecule has 0 amide bonds. The number of benzene rings is 1. The summed E-state index contributed by atoms with van der Waals surface area (Å²) >= 11 is 0. The molecule has 176 valence electrons. The van der Waals surface area contributed by atoms with Crippen molar-refractivity contribution in [1.29, 1.82) is 0 Å². The van der Waals surface area contributed by atoms with E-state index < -0.39 is 51.0 Å². The molecule has 33 heavy (non-hydrogen) atoms. The van der Waals surface area contributed by atoms with Crippen molar-refractivity contribution >= 4 is 17.3 Å². The first-order chi connectivity index (χ1) is 15.1. The summed E-state index contributed by atoms with van der Waals surface area (Å²) in [6.07, 6.45) is 0.391. The molecule has 0 heterocycles. The van der Waals surface area contributed by atoms with E-state index in [0.717, 1.165) is 12.5 Å². The molecule has 7 nitrogen and oxygen atoms in total. The van der Waals surface area contributed by atoms with Gasteiger partial charge in [-0.05, 0) is 49.8 Å². The molecule has 0 aliphatic heterocycles. The second kappa shape index (κ2) is 6.79. The minimum absolute atomic E-state index is 0.0510. The first kappa shape index (κ1) is 23.2. The number of phenols is 1. The second-order valence-corrected chi connectivity index (χ2v) is 10.7. The highest BCUT2D eigenvalue weighted by atomic mass is 16.3. The molecule has 0 bridgehead atoms. The molecule has 4 atom stereocenters. The topological polar surface area (TPSA) is 132 Å². The largest absolute Gasteiger partial charge is 0.511 e. The van der Waals surface area contributed by atoms with E-state index in [1.54, 1.807) is 19.9 Å². The van der Waals surface area contributed by atoms with Crippen LogP contribution in [0.1, 0.15) is 62.5 Å². The van der Waals surface area contributed by atoms with Crippen molar-refractivity contribution in [3.05, 3.63) is 51.5 Å². The van der Waals surface area contributed by atoms with Crippen molar-refractivity contribution in [1.82, 2.24) is 0 Å². The van der Waals surface area contributed by atoms with Crippen molar-refractivity contribution in [3.63, 3.8) is 0 Å². The number of hydrogen-bond donors (Lipinski definition) is 4. The molecular formula is C26H30O7. The number of rotatable bonds is 2. The lowest BCUT2D eigenvalue weighted by molar-refractivity contribution is -0.171. The number of carbonyl (C=O) groups is 3. The third kappa shape index (κ3) is 2.63. The van der Waals surface area contributed by atoms with Gasteiger partial charge in [0.15, 0.2) is 17.2 Å². The van der Waals surface area contributed by atoms with Crippen LogP contribution in [0.4, 0.5) is 0 Å². The number of phenolic OH excluding ortho intramolecular Hbond substituents is 1. The summed E-state index contributed by atoms with van der Waals surface area (Å²) in [5, 5.41) is 44.9. The Bertz CT molecular complexity index is 1200. The number of Topliss-reactive ketones (excluding diaryl/α,β-unsaturated/α-hetero) is 3. The number of ketones is 3. The van der Waals surface area contributed by atoms with Crippen LogP contribution in [0.15, 0.2) is 34.8 Å². The summed E-state index contributed by atoms with van der Waals surface area (Å²) in [4.78, 5) is 39.5. The van der Waals surface area contributed by atoms with Crippen LogP contribution in [0.3, 0.4) is 0 Å². The summed E-state index contributed by atoms with van der Waals surface area (Å²) in [5.41, 5.74) is -4.11. The Morgan fingerprint density at radius 2 is 1.73 bits per heavy atom.